The van der Waals surface area contributed by atoms with Gasteiger partial charge in [-0.15, -0.1) is 6.58 Å². The van der Waals surface area contributed by atoms with Crippen LogP contribution in [0.4, 0.5) is 0 Å². The second kappa shape index (κ2) is 6.24. The van der Waals surface area contributed by atoms with Crippen LogP contribution in [0.2, 0.25) is 0 Å². The summed E-state index contributed by atoms with van der Waals surface area (Å²) in [4.78, 5) is 2.41. The molecule has 0 radical (unpaired) electrons. The van der Waals surface area contributed by atoms with Gasteiger partial charge in [-0.2, -0.15) is 0 Å². The van der Waals surface area contributed by atoms with Crippen LogP contribution in [0.25, 0.3) is 0 Å². The molecule has 0 aromatic heterocycles. The van der Waals surface area contributed by atoms with E-state index in [-0.39, 0.29) is 0 Å². The van der Waals surface area contributed by atoms with E-state index >= 15 is 0 Å². The lowest BCUT2D eigenvalue weighted by Gasteiger charge is -2.30. The quantitative estimate of drug-likeness (QED) is 0.552. The molecule has 2 atom stereocenters. The van der Waals surface area contributed by atoms with E-state index in [4.69, 9.17) is 0 Å². The highest BCUT2D eigenvalue weighted by atomic mass is 15.1. The summed E-state index contributed by atoms with van der Waals surface area (Å²) in [7, 11) is 2.19. The Bertz CT molecular complexity index is 120. The zero-order chi connectivity index (χ0) is 9.56. The molecule has 1 nitrogen and oxygen atoms in total. The highest BCUT2D eigenvalue weighted by Gasteiger charge is 2.14. The van der Waals surface area contributed by atoms with E-state index in [1.54, 1.807) is 0 Å². The molecule has 0 aliphatic heterocycles. The van der Waals surface area contributed by atoms with Gasteiger partial charge >= 0.3 is 0 Å². The van der Waals surface area contributed by atoms with E-state index in [1.807, 2.05) is 6.08 Å². The van der Waals surface area contributed by atoms with Crippen LogP contribution in [0.1, 0.15) is 40.0 Å². The Morgan fingerprint density at radius 3 is 2.33 bits per heavy atom. The predicted molar refractivity (Wildman–Crippen MR) is 56.4 cm³/mol. The third-order valence-electron chi connectivity index (χ3n) is 2.65. The van der Waals surface area contributed by atoms with Gasteiger partial charge in [0.15, 0.2) is 0 Å². The van der Waals surface area contributed by atoms with Crippen molar-refractivity contribution in [3.05, 3.63) is 12.7 Å². The summed E-state index contributed by atoms with van der Waals surface area (Å²) in [6, 6.07) is 1.23. The molecule has 0 aliphatic rings. The van der Waals surface area contributed by atoms with Gasteiger partial charge in [-0.05, 0) is 26.8 Å². The molecule has 0 bridgehead atoms. The van der Waals surface area contributed by atoms with Gasteiger partial charge in [-0.25, -0.2) is 0 Å². The molecule has 0 N–H and O–H groups in total. The van der Waals surface area contributed by atoms with Crippen LogP contribution < -0.4 is 0 Å². The van der Waals surface area contributed by atoms with Gasteiger partial charge in [-0.1, -0.05) is 26.3 Å². The maximum absolute atomic E-state index is 3.82. The van der Waals surface area contributed by atoms with E-state index in [0.29, 0.717) is 6.04 Å². The Kier molecular flexibility index (Phi) is 6.09. The Morgan fingerprint density at radius 2 is 2.00 bits per heavy atom. The summed E-state index contributed by atoms with van der Waals surface area (Å²) in [6.45, 7) is 10.5. The van der Waals surface area contributed by atoms with Crippen molar-refractivity contribution in [2.24, 2.45) is 0 Å². The highest BCUT2D eigenvalue weighted by molar-refractivity contribution is 4.85. The number of likely N-dealkylation sites (N-methyl/N-ethyl adjacent to an activating group) is 1. The first-order valence-corrected chi connectivity index (χ1v) is 5.01. The maximum atomic E-state index is 3.82. The largest absolute Gasteiger partial charge is 0.297 e. The first-order chi connectivity index (χ1) is 5.67. The van der Waals surface area contributed by atoms with Crippen molar-refractivity contribution in [2.75, 3.05) is 7.05 Å². The van der Waals surface area contributed by atoms with Crippen molar-refractivity contribution in [1.29, 1.82) is 0 Å². The second-order valence-corrected chi connectivity index (χ2v) is 3.49. The van der Waals surface area contributed by atoms with Crippen LogP contribution >= 0.6 is 0 Å². The molecule has 0 saturated heterocycles. The van der Waals surface area contributed by atoms with E-state index in [0.717, 1.165) is 6.04 Å². The molecule has 12 heavy (non-hydrogen) atoms. The van der Waals surface area contributed by atoms with Crippen molar-refractivity contribution < 1.29 is 0 Å². The van der Waals surface area contributed by atoms with Crippen molar-refractivity contribution >= 4 is 0 Å². The Balaban J connectivity index is 4.00. The van der Waals surface area contributed by atoms with Gasteiger partial charge in [0, 0.05) is 12.1 Å². The lowest BCUT2D eigenvalue weighted by atomic mass is 10.1. The van der Waals surface area contributed by atoms with Gasteiger partial charge < -0.3 is 0 Å². The number of nitrogens with zero attached hydrogens (tertiary/aromatic N) is 1. The van der Waals surface area contributed by atoms with Crippen molar-refractivity contribution in [1.82, 2.24) is 4.90 Å². The highest BCUT2D eigenvalue weighted by Crippen LogP contribution is 2.12. The fourth-order valence-electron chi connectivity index (χ4n) is 1.53. The molecule has 72 valence electrons. The SMILES string of the molecule is C=CC(C)N(C)C(CC)CCC. The molecule has 0 aromatic rings. The molecule has 0 rings (SSSR count). The summed E-state index contributed by atoms with van der Waals surface area (Å²) < 4.78 is 0. The van der Waals surface area contributed by atoms with Crippen LogP contribution in [0, 0.1) is 0 Å². The van der Waals surface area contributed by atoms with Gasteiger partial charge in [0.25, 0.3) is 0 Å². The number of rotatable bonds is 6. The minimum absolute atomic E-state index is 0.501. The Hall–Kier alpha value is -0.300. The minimum Gasteiger partial charge on any atom is -0.297 e. The molecule has 0 aliphatic carbocycles. The molecule has 0 fully saturated rings. The standard InChI is InChI=1S/C11H23N/c1-6-9-11(8-3)12(5)10(4)7-2/h7,10-11H,2,6,8-9H2,1,3-5H3. The number of hydrogen-bond acceptors (Lipinski definition) is 1. The topological polar surface area (TPSA) is 3.24 Å². The van der Waals surface area contributed by atoms with Crippen LogP contribution in [0.5, 0.6) is 0 Å². The molecular weight excluding hydrogens is 146 g/mol. The zero-order valence-corrected chi connectivity index (χ0v) is 9.01. The third-order valence-corrected chi connectivity index (χ3v) is 2.65. The lowest BCUT2D eigenvalue weighted by molar-refractivity contribution is 0.196. The van der Waals surface area contributed by atoms with Gasteiger partial charge in [-0.3, -0.25) is 4.90 Å². The van der Waals surface area contributed by atoms with Crippen molar-refractivity contribution in [3.8, 4) is 0 Å². The molecule has 2 unspecified atom stereocenters. The van der Waals surface area contributed by atoms with Gasteiger partial charge in [0.2, 0.25) is 0 Å². The fourth-order valence-corrected chi connectivity index (χ4v) is 1.53. The monoisotopic (exact) mass is 169 g/mol. The van der Waals surface area contributed by atoms with Crippen LogP contribution in [-0.2, 0) is 0 Å². The second-order valence-electron chi connectivity index (χ2n) is 3.49. The average Bonchev–Trinajstić information content (AvgIpc) is 2.11. The van der Waals surface area contributed by atoms with E-state index in [9.17, 15) is 0 Å². The minimum atomic E-state index is 0.501. The maximum Gasteiger partial charge on any atom is 0.0247 e. The van der Waals surface area contributed by atoms with Gasteiger partial charge in [0.1, 0.15) is 0 Å². The van der Waals surface area contributed by atoms with Crippen molar-refractivity contribution in [2.45, 2.75) is 52.1 Å². The molecule has 0 amide bonds. The first kappa shape index (κ1) is 11.7. The average molecular weight is 169 g/mol. The van der Waals surface area contributed by atoms with Crippen LogP contribution in [0.15, 0.2) is 12.7 Å². The summed E-state index contributed by atoms with van der Waals surface area (Å²) in [5, 5.41) is 0. The van der Waals surface area contributed by atoms with Crippen LogP contribution in [-0.4, -0.2) is 24.0 Å². The Labute approximate surface area is 77.5 Å². The van der Waals surface area contributed by atoms with E-state index in [1.165, 1.54) is 19.3 Å². The molecular formula is C11H23N. The predicted octanol–water partition coefficient (Wildman–Crippen LogP) is 3.07. The number of hydrogen-bond donors (Lipinski definition) is 0. The summed E-state index contributed by atoms with van der Waals surface area (Å²) in [5.41, 5.74) is 0. The summed E-state index contributed by atoms with van der Waals surface area (Å²) in [6.07, 6.45) is 5.82. The van der Waals surface area contributed by atoms with E-state index < -0.39 is 0 Å². The zero-order valence-electron chi connectivity index (χ0n) is 9.01. The molecule has 0 heterocycles. The molecule has 0 spiro atoms. The third kappa shape index (κ3) is 3.40. The molecule has 0 aromatic carbocycles. The van der Waals surface area contributed by atoms with E-state index in [2.05, 4.69) is 39.3 Å². The van der Waals surface area contributed by atoms with Gasteiger partial charge in [0.05, 0.1) is 0 Å². The fraction of sp³-hybridized carbons (Fsp3) is 0.818. The van der Waals surface area contributed by atoms with Crippen molar-refractivity contribution in [3.63, 3.8) is 0 Å². The molecule has 1 heteroatoms. The Morgan fingerprint density at radius 1 is 1.42 bits per heavy atom. The summed E-state index contributed by atoms with van der Waals surface area (Å²) in [5.74, 6) is 0. The smallest absolute Gasteiger partial charge is 0.0247 e. The normalized spacial score (nSPS) is 16.1. The lowest BCUT2D eigenvalue weighted by Crippen LogP contribution is -2.37. The summed E-state index contributed by atoms with van der Waals surface area (Å²) >= 11 is 0. The van der Waals surface area contributed by atoms with Crippen LogP contribution in [0.3, 0.4) is 0 Å². The molecule has 0 saturated carbocycles. The first-order valence-electron chi connectivity index (χ1n) is 5.01.